The molecule has 1 aliphatic rings. The van der Waals surface area contributed by atoms with Crippen molar-refractivity contribution >= 4 is 23.3 Å². The zero-order chi connectivity index (χ0) is 16.5. The molecule has 24 heavy (non-hydrogen) atoms. The molecular formula is C18H18N4OS. The van der Waals surface area contributed by atoms with Crippen molar-refractivity contribution in [3.63, 3.8) is 0 Å². The van der Waals surface area contributed by atoms with E-state index in [4.69, 9.17) is 0 Å². The summed E-state index contributed by atoms with van der Waals surface area (Å²) in [6.07, 6.45) is 6.98. The van der Waals surface area contributed by atoms with Crippen LogP contribution in [0.5, 0.6) is 0 Å². The van der Waals surface area contributed by atoms with E-state index in [9.17, 15) is 4.79 Å². The molecule has 1 aliphatic heterocycles. The average Bonchev–Trinajstić information content (AvgIpc) is 3.10. The number of aromatic nitrogens is 3. The molecule has 5 nitrogen and oxygen atoms in total. The van der Waals surface area contributed by atoms with E-state index in [2.05, 4.69) is 41.2 Å². The second kappa shape index (κ2) is 6.28. The van der Waals surface area contributed by atoms with Gasteiger partial charge in [-0.25, -0.2) is 9.97 Å². The number of hydrogen-bond donors (Lipinski definition) is 0. The Morgan fingerprint density at radius 3 is 2.71 bits per heavy atom. The van der Waals surface area contributed by atoms with Crippen molar-refractivity contribution in [2.45, 2.75) is 13.0 Å². The lowest BCUT2D eigenvalue weighted by molar-refractivity contribution is 0.0697. The summed E-state index contributed by atoms with van der Waals surface area (Å²) in [4.78, 5) is 23.7. The Morgan fingerprint density at radius 2 is 1.92 bits per heavy atom. The lowest BCUT2D eigenvalue weighted by Gasteiger charge is -2.35. The van der Waals surface area contributed by atoms with Gasteiger partial charge in [0.15, 0.2) is 11.3 Å². The molecule has 1 aromatic carbocycles. The zero-order valence-corrected chi connectivity index (χ0v) is 14.2. The van der Waals surface area contributed by atoms with Crippen molar-refractivity contribution in [2.24, 2.45) is 0 Å². The van der Waals surface area contributed by atoms with Gasteiger partial charge in [-0.3, -0.25) is 4.79 Å². The molecule has 0 aliphatic carbocycles. The van der Waals surface area contributed by atoms with Gasteiger partial charge in [-0.2, -0.15) is 11.8 Å². The summed E-state index contributed by atoms with van der Waals surface area (Å²) in [5, 5.41) is 0. The van der Waals surface area contributed by atoms with Crippen molar-refractivity contribution in [2.75, 3.05) is 18.1 Å². The quantitative estimate of drug-likeness (QED) is 0.721. The topological polar surface area (TPSA) is 50.5 Å². The first-order chi connectivity index (χ1) is 11.7. The number of carbonyl (C=O) groups is 1. The third kappa shape index (κ3) is 2.67. The van der Waals surface area contributed by atoms with Gasteiger partial charge in [-0.05, 0) is 12.5 Å². The largest absolute Gasteiger partial charge is 0.328 e. The molecule has 1 fully saturated rings. The summed E-state index contributed by atoms with van der Waals surface area (Å²) in [6.45, 7) is 2.80. The Balaban J connectivity index is 1.71. The summed E-state index contributed by atoms with van der Waals surface area (Å²) >= 11 is 1.89. The Bertz CT molecular complexity index is 874. The minimum absolute atomic E-state index is 0.0438. The highest BCUT2D eigenvalue weighted by molar-refractivity contribution is 7.99. The van der Waals surface area contributed by atoms with E-state index < -0.39 is 0 Å². The van der Waals surface area contributed by atoms with Crippen molar-refractivity contribution in [3.05, 3.63) is 65.9 Å². The highest BCUT2D eigenvalue weighted by Crippen LogP contribution is 2.31. The molecule has 0 saturated carbocycles. The number of benzene rings is 1. The van der Waals surface area contributed by atoms with E-state index in [1.54, 1.807) is 12.4 Å². The van der Waals surface area contributed by atoms with Gasteiger partial charge in [0, 0.05) is 42.8 Å². The highest BCUT2D eigenvalue weighted by Gasteiger charge is 2.31. The fraction of sp³-hybridized carbons (Fsp3) is 0.278. The maximum Gasteiger partial charge on any atom is 0.276 e. The highest BCUT2D eigenvalue weighted by atomic mass is 32.2. The van der Waals surface area contributed by atoms with E-state index in [1.807, 2.05) is 33.5 Å². The molecule has 1 saturated heterocycles. The van der Waals surface area contributed by atoms with Crippen molar-refractivity contribution in [1.82, 2.24) is 19.3 Å². The van der Waals surface area contributed by atoms with Gasteiger partial charge in [-0.15, -0.1) is 0 Å². The van der Waals surface area contributed by atoms with Gasteiger partial charge in [-0.1, -0.05) is 29.8 Å². The molecular weight excluding hydrogens is 320 g/mol. The van der Waals surface area contributed by atoms with Crippen molar-refractivity contribution in [3.8, 4) is 0 Å². The predicted octanol–water partition coefficient (Wildman–Crippen LogP) is 2.97. The van der Waals surface area contributed by atoms with Crippen LogP contribution in [0.2, 0.25) is 0 Å². The number of hydrogen-bond acceptors (Lipinski definition) is 4. The number of fused-ring (bicyclic) bond motifs is 1. The lowest BCUT2D eigenvalue weighted by Crippen LogP contribution is -2.41. The van der Waals surface area contributed by atoms with Crippen LogP contribution in [0.15, 0.2) is 49.1 Å². The molecule has 0 N–H and O–H groups in total. The van der Waals surface area contributed by atoms with Gasteiger partial charge >= 0.3 is 0 Å². The molecule has 0 bridgehead atoms. The number of amides is 1. The monoisotopic (exact) mass is 338 g/mol. The number of carbonyl (C=O) groups excluding carboxylic acids is 1. The summed E-state index contributed by atoms with van der Waals surface area (Å²) in [5.41, 5.74) is 3.44. The average molecular weight is 338 g/mol. The van der Waals surface area contributed by atoms with E-state index in [0.717, 1.165) is 18.1 Å². The number of thioether (sulfide) groups is 1. The molecule has 0 spiro atoms. The molecule has 3 heterocycles. The van der Waals surface area contributed by atoms with Crippen LogP contribution in [-0.4, -0.2) is 43.2 Å². The second-order valence-corrected chi connectivity index (χ2v) is 7.08. The number of imidazole rings is 1. The fourth-order valence-corrected chi connectivity index (χ4v) is 4.14. The van der Waals surface area contributed by atoms with Crippen LogP contribution in [0.25, 0.3) is 5.65 Å². The van der Waals surface area contributed by atoms with Crippen LogP contribution in [0.4, 0.5) is 0 Å². The first kappa shape index (κ1) is 15.2. The van der Waals surface area contributed by atoms with Crippen LogP contribution < -0.4 is 0 Å². The molecule has 0 radical (unpaired) electrons. The van der Waals surface area contributed by atoms with E-state index in [-0.39, 0.29) is 11.9 Å². The standard InChI is InChI=1S/C18H18N4OS/c1-13-2-4-14(5-3-13)15-12-24-11-10-22(15)18(23)16-17-20-7-9-21(17)8-6-19-16/h2-9,15H,10-12H2,1H3. The van der Waals surface area contributed by atoms with Crippen LogP contribution in [0.1, 0.15) is 27.7 Å². The smallest absolute Gasteiger partial charge is 0.276 e. The van der Waals surface area contributed by atoms with E-state index in [1.165, 1.54) is 11.1 Å². The van der Waals surface area contributed by atoms with Crippen LogP contribution >= 0.6 is 11.8 Å². The molecule has 1 atom stereocenters. The van der Waals surface area contributed by atoms with Gasteiger partial charge in [0.2, 0.25) is 0 Å². The number of nitrogens with zero attached hydrogens (tertiary/aromatic N) is 4. The molecule has 1 amide bonds. The summed E-state index contributed by atoms with van der Waals surface area (Å²) in [5.74, 6) is 1.82. The zero-order valence-electron chi connectivity index (χ0n) is 13.4. The number of rotatable bonds is 2. The van der Waals surface area contributed by atoms with Gasteiger partial charge < -0.3 is 9.30 Å². The molecule has 4 rings (SSSR count). The normalized spacial score (nSPS) is 18.0. The third-order valence-electron chi connectivity index (χ3n) is 4.37. The van der Waals surface area contributed by atoms with Crippen LogP contribution in [0, 0.1) is 6.92 Å². The first-order valence-electron chi connectivity index (χ1n) is 7.97. The fourth-order valence-electron chi connectivity index (χ4n) is 3.05. The second-order valence-electron chi connectivity index (χ2n) is 5.93. The summed E-state index contributed by atoms with van der Waals surface area (Å²) in [6, 6.07) is 8.52. The SMILES string of the molecule is Cc1ccc(C2CSCCN2C(=O)c2nccn3ccnc23)cc1. The molecule has 3 aromatic rings. The Labute approximate surface area is 144 Å². The van der Waals surface area contributed by atoms with E-state index >= 15 is 0 Å². The van der Waals surface area contributed by atoms with Gasteiger partial charge in [0.05, 0.1) is 6.04 Å². The molecule has 6 heteroatoms. The maximum atomic E-state index is 13.2. The predicted molar refractivity (Wildman–Crippen MR) is 95.3 cm³/mol. The Morgan fingerprint density at radius 1 is 1.17 bits per heavy atom. The molecule has 1 unspecified atom stereocenters. The van der Waals surface area contributed by atoms with Gasteiger partial charge in [0.1, 0.15) is 0 Å². The van der Waals surface area contributed by atoms with Crippen LogP contribution in [0.3, 0.4) is 0 Å². The number of aryl methyl sites for hydroxylation is 1. The van der Waals surface area contributed by atoms with Crippen LogP contribution in [-0.2, 0) is 0 Å². The molecule has 122 valence electrons. The minimum atomic E-state index is -0.0438. The summed E-state index contributed by atoms with van der Waals surface area (Å²) in [7, 11) is 0. The van der Waals surface area contributed by atoms with E-state index in [0.29, 0.717) is 11.3 Å². The van der Waals surface area contributed by atoms with Gasteiger partial charge in [0.25, 0.3) is 5.91 Å². The van der Waals surface area contributed by atoms with Crippen molar-refractivity contribution in [1.29, 1.82) is 0 Å². The third-order valence-corrected chi connectivity index (χ3v) is 5.39. The lowest BCUT2D eigenvalue weighted by atomic mass is 10.0. The molecule has 2 aromatic heterocycles. The Kier molecular flexibility index (Phi) is 3.98. The summed E-state index contributed by atoms with van der Waals surface area (Å²) < 4.78 is 1.83. The minimum Gasteiger partial charge on any atom is -0.328 e. The maximum absolute atomic E-state index is 13.2. The first-order valence-corrected chi connectivity index (χ1v) is 9.12. The Hall–Kier alpha value is -2.34. The van der Waals surface area contributed by atoms with Crippen molar-refractivity contribution < 1.29 is 4.79 Å².